The molecular formula is C16H15Cl2NO4S. The molecule has 0 aromatic heterocycles. The number of rotatable bonds is 5. The molecule has 2 aromatic carbocycles. The van der Waals surface area contributed by atoms with Crippen molar-refractivity contribution in [3.8, 4) is 5.75 Å². The van der Waals surface area contributed by atoms with Crippen LogP contribution in [0.2, 0.25) is 10.0 Å². The number of sulfone groups is 1. The highest BCUT2D eigenvalue weighted by Crippen LogP contribution is 2.26. The zero-order valence-corrected chi connectivity index (χ0v) is 15.2. The maximum atomic E-state index is 12.2. The Balaban J connectivity index is 2.14. The number of nitrogens with one attached hydrogen (secondary N) is 1. The first-order valence-corrected chi connectivity index (χ1v) is 9.54. The van der Waals surface area contributed by atoms with Crippen LogP contribution in [0, 0.1) is 0 Å². The quantitative estimate of drug-likeness (QED) is 0.846. The smallest absolute Gasteiger partial charge is 0.265 e. The van der Waals surface area contributed by atoms with E-state index < -0.39 is 21.8 Å². The monoisotopic (exact) mass is 387 g/mol. The van der Waals surface area contributed by atoms with Crippen LogP contribution in [-0.4, -0.2) is 26.7 Å². The second-order valence-electron chi connectivity index (χ2n) is 5.12. The van der Waals surface area contributed by atoms with Crippen molar-refractivity contribution in [2.24, 2.45) is 0 Å². The van der Waals surface area contributed by atoms with Gasteiger partial charge in [-0.2, -0.15) is 0 Å². The van der Waals surface area contributed by atoms with Gasteiger partial charge >= 0.3 is 0 Å². The molecule has 0 heterocycles. The molecule has 1 atom stereocenters. The Hall–Kier alpha value is -1.76. The summed E-state index contributed by atoms with van der Waals surface area (Å²) < 4.78 is 28.7. The van der Waals surface area contributed by atoms with Gasteiger partial charge in [-0.05, 0) is 43.3 Å². The van der Waals surface area contributed by atoms with Crippen LogP contribution in [0.4, 0.5) is 5.69 Å². The highest BCUT2D eigenvalue weighted by molar-refractivity contribution is 7.90. The Bertz CT molecular complexity index is 868. The number of halogens is 2. The second-order valence-corrected chi connectivity index (χ2v) is 7.98. The molecule has 8 heteroatoms. The molecule has 0 radical (unpaired) electrons. The topological polar surface area (TPSA) is 72.5 Å². The van der Waals surface area contributed by atoms with E-state index >= 15 is 0 Å². The fourth-order valence-corrected chi connectivity index (χ4v) is 2.86. The average molecular weight is 388 g/mol. The highest BCUT2D eigenvalue weighted by Gasteiger charge is 2.18. The first-order chi connectivity index (χ1) is 11.2. The molecule has 1 N–H and O–H groups in total. The molecule has 0 aliphatic rings. The zero-order valence-electron chi connectivity index (χ0n) is 12.9. The van der Waals surface area contributed by atoms with Crippen LogP contribution in [-0.2, 0) is 14.6 Å². The van der Waals surface area contributed by atoms with Crippen molar-refractivity contribution in [1.82, 2.24) is 0 Å². The maximum Gasteiger partial charge on any atom is 0.265 e. The van der Waals surface area contributed by atoms with Crippen molar-refractivity contribution >= 4 is 44.6 Å². The van der Waals surface area contributed by atoms with E-state index in [1.807, 2.05) is 0 Å². The van der Waals surface area contributed by atoms with E-state index in [-0.39, 0.29) is 15.6 Å². The summed E-state index contributed by atoms with van der Waals surface area (Å²) in [5, 5.41) is 3.28. The van der Waals surface area contributed by atoms with Gasteiger partial charge in [0.05, 0.1) is 15.6 Å². The van der Waals surface area contributed by atoms with Gasteiger partial charge in [0, 0.05) is 11.3 Å². The minimum atomic E-state index is -3.41. The van der Waals surface area contributed by atoms with Gasteiger partial charge in [0.25, 0.3) is 5.91 Å². The van der Waals surface area contributed by atoms with Gasteiger partial charge in [-0.25, -0.2) is 8.42 Å². The number of ether oxygens (including phenoxy) is 1. The van der Waals surface area contributed by atoms with Crippen molar-refractivity contribution in [2.45, 2.75) is 17.9 Å². The number of carbonyl (C=O) groups excluding carboxylic acids is 1. The van der Waals surface area contributed by atoms with Crippen LogP contribution >= 0.6 is 23.2 Å². The van der Waals surface area contributed by atoms with Crippen LogP contribution in [0.1, 0.15) is 6.92 Å². The van der Waals surface area contributed by atoms with Crippen molar-refractivity contribution in [3.05, 3.63) is 52.5 Å². The van der Waals surface area contributed by atoms with Crippen molar-refractivity contribution < 1.29 is 17.9 Å². The van der Waals surface area contributed by atoms with Gasteiger partial charge in [0.2, 0.25) is 0 Å². The summed E-state index contributed by atoms with van der Waals surface area (Å²) in [6.45, 7) is 1.56. The SMILES string of the molecule is C[C@H](Oc1cccc(Cl)c1)C(=O)Nc1cc(S(C)(=O)=O)ccc1Cl. The van der Waals surface area contributed by atoms with Crippen molar-refractivity contribution in [3.63, 3.8) is 0 Å². The summed E-state index contributed by atoms with van der Waals surface area (Å²) in [5.41, 5.74) is 0.200. The minimum absolute atomic E-state index is 0.0608. The molecule has 0 unspecified atom stereocenters. The molecular weight excluding hydrogens is 373 g/mol. The third-order valence-electron chi connectivity index (χ3n) is 3.10. The Labute approximate surface area is 150 Å². The lowest BCUT2D eigenvalue weighted by Crippen LogP contribution is -2.30. The van der Waals surface area contributed by atoms with E-state index in [0.717, 1.165) is 6.26 Å². The van der Waals surface area contributed by atoms with Crippen molar-refractivity contribution in [1.29, 1.82) is 0 Å². The van der Waals surface area contributed by atoms with E-state index in [9.17, 15) is 13.2 Å². The molecule has 5 nitrogen and oxygen atoms in total. The van der Waals surface area contributed by atoms with Gasteiger partial charge in [-0.3, -0.25) is 4.79 Å². The third kappa shape index (κ3) is 4.87. The lowest BCUT2D eigenvalue weighted by molar-refractivity contribution is -0.122. The summed E-state index contributed by atoms with van der Waals surface area (Å²) in [6, 6.07) is 10.7. The summed E-state index contributed by atoms with van der Waals surface area (Å²) in [7, 11) is -3.41. The highest BCUT2D eigenvalue weighted by atomic mass is 35.5. The van der Waals surface area contributed by atoms with Crippen molar-refractivity contribution in [2.75, 3.05) is 11.6 Å². The number of hydrogen-bond acceptors (Lipinski definition) is 4. The average Bonchev–Trinajstić information content (AvgIpc) is 2.48. The summed E-state index contributed by atoms with van der Waals surface area (Å²) in [4.78, 5) is 12.3. The minimum Gasteiger partial charge on any atom is -0.481 e. The van der Waals surface area contributed by atoms with Gasteiger partial charge in [0.15, 0.2) is 15.9 Å². The lowest BCUT2D eigenvalue weighted by atomic mass is 10.3. The normalized spacial score (nSPS) is 12.5. The van der Waals surface area contributed by atoms with E-state index in [1.165, 1.54) is 18.2 Å². The molecule has 24 heavy (non-hydrogen) atoms. The number of carbonyl (C=O) groups is 1. The Morgan fingerprint density at radius 2 is 1.88 bits per heavy atom. The Kier molecular flexibility index (Phi) is 5.74. The number of anilines is 1. The van der Waals surface area contributed by atoms with E-state index in [0.29, 0.717) is 10.8 Å². The molecule has 1 amide bonds. The molecule has 0 spiro atoms. The molecule has 0 aliphatic heterocycles. The van der Waals surface area contributed by atoms with Crippen LogP contribution in [0.25, 0.3) is 0 Å². The standard InChI is InChI=1S/C16H15Cl2NO4S/c1-10(23-12-5-3-4-11(17)8-12)16(20)19-15-9-13(24(2,21)22)6-7-14(15)18/h3-10H,1-2H3,(H,19,20)/t10-/m0/s1. The van der Waals surface area contributed by atoms with Gasteiger partial charge in [-0.15, -0.1) is 0 Å². The third-order valence-corrected chi connectivity index (χ3v) is 4.78. The van der Waals surface area contributed by atoms with Crippen LogP contribution in [0.5, 0.6) is 5.75 Å². The van der Waals surface area contributed by atoms with Crippen LogP contribution in [0.3, 0.4) is 0 Å². The van der Waals surface area contributed by atoms with Gasteiger partial charge in [0.1, 0.15) is 5.75 Å². The second kappa shape index (κ2) is 7.42. The van der Waals surface area contributed by atoms with Gasteiger partial charge < -0.3 is 10.1 Å². The summed E-state index contributed by atoms with van der Waals surface area (Å²) in [6.07, 6.45) is 0.244. The molecule has 0 saturated heterocycles. The first kappa shape index (κ1) is 18.6. The Morgan fingerprint density at radius 1 is 1.17 bits per heavy atom. The number of hydrogen-bond donors (Lipinski definition) is 1. The molecule has 2 rings (SSSR count). The van der Waals surface area contributed by atoms with E-state index in [2.05, 4.69) is 5.32 Å². The molecule has 0 bridgehead atoms. The molecule has 128 valence electrons. The first-order valence-electron chi connectivity index (χ1n) is 6.89. The number of amides is 1. The van der Waals surface area contributed by atoms with E-state index in [1.54, 1.807) is 31.2 Å². The van der Waals surface area contributed by atoms with Crippen LogP contribution in [0.15, 0.2) is 47.4 Å². The Morgan fingerprint density at radius 3 is 2.50 bits per heavy atom. The molecule has 2 aromatic rings. The summed E-state index contributed by atoms with van der Waals surface area (Å²) in [5.74, 6) is -0.0244. The molecule has 0 saturated carbocycles. The molecule has 0 fully saturated rings. The lowest BCUT2D eigenvalue weighted by Gasteiger charge is -2.16. The summed E-state index contributed by atoms with van der Waals surface area (Å²) >= 11 is 11.9. The largest absolute Gasteiger partial charge is 0.481 e. The van der Waals surface area contributed by atoms with Gasteiger partial charge in [-0.1, -0.05) is 29.3 Å². The fourth-order valence-electron chi connectivity index (χ4n) is 1.86. The maximum absolute atomic E-state index is 12.2. The fraction of sp³-hybridized carbons (Fsp3) is 0.188. The zero-order chi connectivity index (χ0) is 17.9. The number of benzene rings is 2. The predicted molar refractivity (Wildman–Crippen MR) is 94.7 cm³/mol. The van der Waals surface area contributed by atoms with Crippen LogP contribution < -0.4 is 10.1 Å². The predicted octanol–water partition coefficient (Wildman–Crippen LogP) is 3.80. The molecule has 0 aliphatic carbocycles. The van der Waals surface area contributed by atoms with E-state index in [4.69, 9.17) is 27.9 Å².